The van der Waals surface area contributed by atoms with Gasteiger partial charge in [0, 0.05) is 12.1 Å². The summed E-state index contributed by atoms with van der Waals surface area (Å²) in [6.45, 7) is 0. The number of nitrogens with one attached hydrogen (secondary N) is 1. The molecule has 1 aromatic carbocycles. The van der Waals surface area contributed by atoms with E-state index in [1.807, 2.05) is 0 Å². The summed E-state index contributed by atoms with van der Waals surface area (Å²) < 4.78 is 32.3. The molecular formula is C15H14F2N2O3. The Bertz CT molecular complexity index is 657. The maximum atomic E-state index is 13.7. The molecule has 0 aliphatic heterocycles. The van der Waals surface area contributed by atoms with Crippen molar-refractivity contribution in [2.24, 2.45) is 5.41 Å². The fraction of sp³-hybridized carbons (Fsp3) is 0.467. The molecule has 22 heavy (non-hydrogen) atoms. The summed E-state index contributed by atoms with van der Waals surface area (Å²) in [5.41, 5.74) is -0.0985. The minimum absolute atomic E-state index is 0.0318. The van der Waals surface area contributed by atoms with Crippen LogP contribution in [-0.4, -0.2) is 23.3 Å². The summed E-state index contributed by atoms with van der Waals surface area (Å²) in [6.07, 6.45) is 1.61. The number of amides is 1. The van der Waals surface area contributed by atoms with Crippen molar-refractivity contribution >= 4 is 6.09 Å². The fourth-order valence-corrected chi connectivity index (χ4v) is 3.51. The predicted octanol–water partition coefficient (Wildman–Crippen LogP) is 2.79. The van der Waals surface area contributed by atoms with Crippen LogP contribution in [0.3, 0.4) is 0 Å². The van der Waals surface area contributed by atoms with Gasteiger partial charge in [0.05, 0.1) is 5.56 Å². The first kappa shape index (κ1) is 14.6. The molecule has 3 rings (SSSR count). The Labute approximate surface area is 125 Å². The zero-order valence-corrected chi connectivity index (χ0v) is 11.6. The zero-order chi connectivity index (χ0) is 15.9. The van der Waals surface area contributed by atoms with Crippen LogP contribution in [0.15, 0.2) is 12.1 Å². The molecule has 1 aromatic rings. The van der Waals surface area contributed by atoms with E-state index in [1.165, 1.54) is 0 Å². The van der Waals surface area contributed by atoms with Crippen molar-refractivity contribution in [3.05, 3.63) is 29.3 Å². The van der Waals surface area contributed by atoms with Gasteiger partial charge in [-0.25, -0.2) is 13.6 Å². The van der Waals surface area contributed by atoms with Crippen LogP contribution in [0.5, 0.6) is 5.75 Å². The maximum Gasteiger partial charge on any atom is 0.404 e. The van der Waals surface area contributed by atoms with E-state index in [2.05, 4.69) is 5.32 Å². The van der Waals surface area contributed by atoms with Crippen LogP contribution < -0.4 is 10.1 Å². The van der Waals surface area contributed by atoms with Crippen molar-refractivity contribution in [2.75, 3.05) is 0 Å². The minimum atomic E-state index is -1.03. The molecule has 1 spiro atoms. The van der Waals surface area contributed by atoms with Crippen molar-refractivity contribution in [3.63, 3.8) is 0 Å². The minimum Gasteiger partial charge on any atom is -0.486 e. The second-order valence-electron chi connectivity index (χ2n) is 6.08. The molecule has 0 heterocycles. The van der Waals surface area contributed by atoms with Crippen molar-refractivity contribution < 1.29 is 23.4 Å². The molecule has 2 aliphatic carbocycles. The number of rotatable bonds is 3. The van der Waals surface area contributed by atoms with Gasteiger partial charge in [0.2, 0.25) is 0 Å². The first-order valence-corrected chi connectivity index (χ1v) is 6.96. The van der Waals surface area contributed by atoms with Gasteiger partial charge in [-0.05, 0) is 37.2 Å². The van der Waals surface area contributed by atoms with Gasteiger partial charge in [-0.3, -0.25) is 0 Å². The van der Waals surface area contributed by atoms with Crippen LogP contribution in [0.2, 0.25) is 0 Å². The Morgan fingerprint density at radius 3 is 2.64 bits per heavy atom. The van der Waals surface area contributed by atoms with Crippen molar-refractivity contribution in [1.82, 2.24) is 5.32 Å². The highest BCUT2D eigenvalue weighted by atomic mass is 19.1. The van der Waals surface area contributed by atoms with E-state index in [0.717, 1.165) is 18.9 Å². The fourth-order valence-electron chi connectivity index (χ4n) is 3.51. The van der Waals surface area contributed by atoms with Crippen molar-refractivity contribution in [2.45, 2.75) is 37.8 Å². The van der Waals surface area contributed by atoms with Gasteiger partial charge < -0.3 is 15.2 Å². The van der Waals surface area contributed by atoms with Crippen LogP contribution in [0.1, 0.15) is 31.2 Å². The van der Waals surface area contributed by atoms with Crippen LogP contribution in [0.4, 0.5) is 13.6 Å². The summed E-state index contributed by atoms with van der Waals surface area (Å²) in [4.78, 5) is 10.5. The van der Waals surface area contributed by atoms with Gasteiger partial charge in [0.25, 0.3) is 0 Å². The van der Waals surface area contributed by atoms with E-state index in [1.54, 1.807) is 6.07 Å². The third kappa shape index (κ3) is 2.56. The number of halogens is 2. The average Bonchev–Trinajstić information content (AvgIpc) is 2.35. The Morgan fingerprint density at radius 2 is 2.05 bits per heavy atom. The third-order valence-electron chi connectivity index (χ3n) is 4.42. The molecule has 0 aromatic heterocycles. The summed E-state index contributed by atoms with van der Waals surface area (Å²) in [5, 5.41) is 20.0. The molecule has 2 aliphatic rings. The van der Waals surface area contributed by atoms with E-state index in [4.69, 9.17) is 15.1 Å². The number of benzene rings is 1. The molecule has 0 unspecified atom stereocenters. The van der Waals surface area contributed by atoms with Crippen LogP contribution in [0, 0.1) is 28.4 Å². The molecule has 0 atom stereocenters. The van der Waals surface area contributed by atoms with E-state index in [-0.39, 0.29) is 28.9 Å². The first-order valence-electron chi connectivity index (χ1n) is 6.96. The second-order valence-corrected chi connectivity index (χ2v) is 6.08. The van der Waals surface area contributed by atoms with Gasteiger partial charge in [-0.1, -0.05) is 0 Å². The number of nitrogens with zero attached hydrogens (tertiary/aromatic N) is 1. The number of nitriles is 1. The zero-order valence-electron chi connectivity index (χ0n) is 11.6. The second kappa shape index (κ2) is 5.13. The molecule has 2 fully saturated rings. The predicted molar refractivity (Wildman–Crippen MR) is 71.3 cm³/mol. The van der Waals surface area contributed by atoms with Crippen molar-refractivity contribution in [1.29, 1.82) is 5.26 Å². The molecule has 0 radical (unpaired) electrons. The molecule has 5 nitrogen and oxygen atoms in total. The lowest BCUT2D eigenvalue weighted by atomic mass is 9.53. The van der Waals surface area contributed by atoms with Crippen LogP contribution in [0.25, 0.3) is 0 Å². The van der Waals surface area contributed by atoms with Crippen LogP contribution >= 0.6 is 0 Å². The highest BCUT2D eigenvalue weighted by Gasteiger charge is 2.54. The first-order chi connectivity index (χ1) is 10.4. The van der Waals surface area contributed by atoms with Gasteiger partial charge in [-0.2, -0.15) is 5.26 Å². The van der Waals surface area contributed by atoms with Gasteiger partial charge in [0.1, 0.15) is 18.0 Å². The average molecular weight is 308 g/mol. The Kier molecular flexibility index (Phi) is 3.39. The Balaban J connectivity index is 1.58. The number of carboxylic acid groups (broad SMARTS) is 1. The molecule has 0 saturated heterocycles. The lowest BCUT2D eigenvalue weighted by Gasteiger charge is -2.57. The molecular weight excluding hydrogens is 294 g/mol. The largest absolute Gasteiger partial charge is 0.486 e. The normalized spacial score (nSPS) is 29.1. The molecule has 0 bridgehead atoms. The van der Waals surface area contributed by atoms with E-state index >= 15 is 0 Å². The molecule has 7 heteroatoms. The summed E-state index contributed by atoms with van der Waals surface area (Å²) in [7, 11) is 0. The van der Waals surface area contributed by atoms with E-state index < -0.39 is 17.7 Å². The number of carbonyl (C=O) groups is 1. The molecule has 2 N–H and O–H groups in total. The topological polar surface area (TPSA) is 82.3 Å². The molecule has 2 saturated carbocycles. The number of ether oxygens (including phenoxy) is 1. The highest BCUT2D eigenvalue weighted by molar-refractivity contribution is 5.65. The summed E-state index contributed by atoms with van der Waals surface area (Å²) in [5.74, 6) is -1.90. The maximum absolute atomic E-state index is 13.7. The number of hydrogen-bond acceptors (Lipinski definition) is 3. The summed E-state index contributed by atoms with van der Waals surface area (Å²) >= 11 is 0. The van der Waals surface area contributed by atoms with Gasteiger partial charge >= 0.3 is 6.09 Å². The molecule has 1 amide bonds. The van der Waals surface area contributed by atoms with Gasteiger partial charge in [0.15, 0.2) is 11.6 Å². The summed E-state index contributed by atoms with van der Waals surface area (Å²) in [6, 6.07) is 3.34. The van der Waals surface area contributed by atoms with E-state index in [0.29, 0.717) is 18.9 Å². The highest BCUT2D eigenvalue weighted by Crippen LogP contribution is 2.56. The van der Waals surface area contributed by atoms with Crippen LogP contribution in [-0.2, 0) is 0 Å². The lowest BCUT2D eigenvalue weighted by molar-refractivity contribution is -0.0848. The Hall–Kier alpha value is -2.36. The lowest BCUT2D eigenvalue weighted by Crippen LogP contribution is -2.58. The van der Waals surface area contributed by atoms with E-state index in [9.17, 15) is 13.6 Å². The Morgan fingerprint density at radius 1 is 1.36 bits per heavy atom. The standard InChI is InChI=1S/C15H14F2N2O3/c16-9-1-8(7-18)13(12(17)2-9)22-11-5-15(6-11)3-10(4-15)19-14(20)21/h1-2,10-11,19H,3-6H2,(H,20,21). The third-order valence-corrected chi connectivity index (χ3v) is 4.42. The van der Waals surface area contributed by atoms with Gasteiger partial charge in [-0.15, -0.1) is 0 Å². The monoisotopic (exact) mass is 308 g/mol. The van der Waals surface area contributed by atoms with Crippen molar-refractivity contribution in [3.8, 4) is 11.8 Å². The smallest absolute Gasteiger partial charge is 0.404 e. The SMILES string of the molecule is N#Cc1cc(F)cc(F)c1OC1CC2(CC(NC(=O)O)C2)C1. The molecule has 116 valence electrons. The quantitative estimate of drug-likeness (QED) is 0.899. The number of hydrogen-bond donors (Lipinski definition) is 2.